The van der Waals surface area contributed by atoms with E-state index in [1.165, 1.54) is 0 Å². The molecule has 2 atom stereocenters. The first-order valence-corrected chi connectivity index (χ1v) is 5.36. The van der Waals surface area contributed by atoms with E-state index in [2.05, 4.69) is 0 Å². The largest absolute Gasteiger partial charge is 0.480 e. The highest BCUT2D eigenvalue weighted by atomic mass is 16.6. The number of likely N-dealkylation sites (tertiary alicyclic amines) is 1. The predicted molar refractivity (Wildman–Crippen MR) is 58.1 cm³/mol. The van der Waals surface area contributed by atoms with Gasteiger partial charge in [0.05, 0.1) is 12.0 Å². The van der Waals surface area contributed by atoms with Gasteiger partial charge in [0, 0.05) is 6.54 Å². The third kappa shape index (κ3) is 3.34. The molecule has 17 heavy (non-hydrogen) atoms. The average molecular weight is 240 g/mol. The molecular weight excluding hydrogens is 224 g/mol. The number of carbonyl (C=O) groups excluding carboxylic acids is 1. The monoisotopic (exact) mass is 240 g/mol. The van der Waals surface area contributed by atoms with Crippen molar-refractivity contribution in [3.05, 3.63) is 0 Å². The summed E-state index contributed by atoms with van der Waals surface area (Å²) in [7, 11) is 0. The summed E-state index contributed by atoms with van der Waals surface area (Å²) in [5.74, 6) is -1.54. The molecule has 1 N–H and O–H groups in total. The van der Waals surface area contributed by atoms with E-state index in [9.17, 15) is 9.59 Å². The molecule has 0 aromatic carbocycles. The maximum absolute atomic E-state index is 11.8. The van der Waals surface area contributed by atoms with E-state index in [0.717, 1.165) is 4.90 Å². The zero-order chi connectivity index (χ0) is 13.2. The van der Waals surface area contributed by atoms with Crippen LogP contribution in [-0.2, 0) is 9.53 Å². The highest BCUT2D eigenvalue weighted by molar-refractivity contribution is 5.81. The van der Waals surface area contributed by atoms with Gasteiger partial charge in [-0.05, 0) is 27.2 Å². The lowest BCUT2D eigenvalue weighted by atomic mass is 10.1. The first kappa shape index (κ1) is 13.3. The van der Waals surface area contributed by atoms with E-state index in [0.29, 0.717) is 0 Å². The van der Waals surface area contributed by atoms with Crippen LogP contribution >= 0.6 is 0 Å². The predicted octanol–water partition coefficient (Wildman–Crippen LogP) is 1.22. The summed E-state index contributed by atoms with van der Waals surface area (Å²) in [6, 6.07) is 1.02. The van der Waals surface area contributed by atoms with Gasteiger partial charge in [0.15, 0.2) is 0 Å². The molecule has 1 fully saturated rings. The van der Waals surface area contributed by atoms with Crippen LogP contribution in [-0.4, -0.2) is 40.3 Å². The minimum Gasteiger partial charge on any atom is -0.480 e. The van der Waals surface area contributed by atoms with Gasteiger partial charge in [0.25, 0.3) is 0 Å². The lowest BCUT2D eigenvalue weighted by Crippen LogP contribution is -2.43. The van der Waals surface area contributed by atoms with Crippen molar-refractivity contribution in [3.8, 4) is 6.07 Å². The van der Waals surface area contributed by atoms with E-state index < -0.39 is 29.6 Å². The molecule has 0 bridgehead atoms. The lowest BCUT2D eigenvalue weighted by molar-refractivity contribution is -0.142. The SMILES string of the molecule is CC(C)(C)OC(=O)N1C[C@@H](C#N)C[C@@H]1C(=O)O. The third-order valence-corrected chi connectivity index (χ3v) is 2.40. The second-order valence-electron chi connectivity index (χ2n) is 5.05. The van der Waals surface area contributed by atoms with Crippen molar-refractivity contribution in [3.63, 3.8) is 0 Å². The molecule has 1 rings (SSSR count). The Bertz CT molecular complexity index is 367. The van der Waals surface area contributed by atoms with Crippen LogP contribution in [0.4, 0.5) is 4.79 Å². The van der Waals surface area contributed by atoms with Crippen molar-refractivity contribution < 1.29 is 19.4 Å². The highest BCUT2D eigenvalue weighted by Crippen LogP contribution is 2.25. The summed E-state index contributed by atoms with van der Waals surface area (Å²) < 4.78 is 5.11. The molecule has 6 heteroatoms. The Morgan fingerprint density at radius 3 is 2.47 bits per heavy atom. The second-order valence-corrected chi connectivity index (χ2v) is 5.05. The van der Waals surface area contributed by atoms with Crippen molar-refractivity contribution in [1.29, 1.82) is 5.26 Å². The first-order valence-electron chi connectivity index (χ1n) is 5.36. The minimum absolute atomic E-state index is 0.113. The van der Waals surface area contributed by atoms with Gasteiger partial charge in [-0.1, -0.05) is 0 Å². The second kappa shape index (κ2) is 4.62. The molecule has 1 amide bonds. The van der Waals surface area contributed by atoms with Crippen LogP contribution < -0.4 is 0 Å². The number of carbonyl (C=O) groups is 2. The van der Waals surface area contributed by atoms with Gasteiger partial charge >= 0.3 is 12.1 Å². The summed E-state index contributed by atoms with van der Waals surface area (Å²) in [4.78, 5) is 23.9. The molecule has 1 heterocycles. The van der Waals surface area contributed by atoms with E-state index in [1.54, 1.807) is 20.8 Å². The molecule has 0 radical (unpaired) electrons. The van der Waals surface area contributed by atoms with Gasteiger partial charge in [-0.2, -0.15) is 5.26 Å². The lowest BCUT2D eigenvalue weighted by Gasteiger charge is -2.26. The quantitative estimate of drug-likeness (QED) is 0.744. The van der Waals surface area contributed by atoms with Gasteiger partial charge in [-0.3, -0.25) is 4.90 Å². The summed E-state index contributed by atoms with van der Waals surface area (Å²) in [6.07, 6.45) is -0.520. The van der Waals surface area contributed by atoms with Gasteiger partial charge in [0.2, 0.25) is 0 Å². The Hall–Kier alpha value is -1.77. The molecule has 0 spiro atoms. The van der Waals surface area contributed by atoms with Crippen LogP contribution in [0.1, 0.15) is 27.2 Å². The maximum Gasteiger partial charge on any atom is 0.411 e. The number of aliphatic carboxylic acids is 1. The number of nitrogens with zero attached hydrogens (tertiary/aromatic N) is 2. The molecular formula is C11H16N2O4. The number of rotatable bonds is 1. The number of carboxylic acids is 1. The zero-order valence-electron chi connectivity index (χ0n) is 10.1. The average Bonchev–Trinajstić information content (AvgIpc) is 2.58. The maximum atomic E-state index is 11.8. The smallest absolute Gasteiger partial charge is 0.411 e. The van der Waals surface area contributed by atoms with Gasteiger partial charge < -0.3 is 9.84 Å². The summed E-state index contributed by atoms with van der Waals surface area (Å²) >= 11 is 0. The molecule has 94 valence electrons. The van der Waals surface area contributed by atoms with Crippen LogP contribution in [0.2, 0.25) is 0 Å². The number of hydrogen-bond acceptors (Lipinski definition) is 4. The number of ether oxygens (including phenoxy) is 1. The molecule has 0 aromatic rings. The number of carboxylic acid groups (broad SMARTS) is 1. The van der Waals surface area contributed by atoms with Gasteiger partial charge in [-0.15, -0.1) is 0 Å². The van der Waals surface area contributed by atoms with Gasteiger partial charge in [0.1, 0.15) is 11.6 Å². The summed E-state index contributed by atoms with van der Waals surface area (Å²) in [6.45, 7) is 5.23. The highest BCUT2D eigenvalue weighted by Gasteiger charge is 2.41. The zero-order valence-corrected chi connectivity index (χ0v) is 10.1. The molecule has 6 nitrogen and oxygen atoms in total. The van der Waals surface area contributed by atoms with E-state index in [4.69, 9.17) is 15.1 Å². The van der Waals surface area contributed by atoms with Crippen LogP contribution in [0, 0.1) is 17.2 Å². The Morgan fingerprint density at radius 1 is 1.47 bits per heavy atom. The molecule has 0 aliphatic carbocycles. The van der Waals surface area contributed by atoms with Crippen molar-refractivity contribution in [2.45, 2.75) is 38.8 Å². The van der Waals surface area contributed by atoms with E-state index in [-0.39, 0.29) is 13.0 Å². The molecule has 1 aliphatic heterocycles. The van der Waals surface area contributed by atoms with Crippen LogP contribution in [0.25, 0.3) is 0 Å². The van der Waals surface area contributed by atoms with Crippen molar-refractivity contribution in [2.24, 2.45) is 5.92 Å². The minimum atomic E-state index is -1.10. The topological polar surface area (TPSA) is 90.6 Å². The third-order valence-electron chi connectivity index (χ3n) is 2.40. The summed E-state index contributed by atoms with van der Waals surface area (Å²) in [5.41, 5.74) is -0.676. The molecule has 0 unspecified atom stereocenters. The first-order chi connectivity index (χ1) is 7.74. The Kier molecular flexibility index (Phi) is 3.61. The van der Waals surface area contributed by atoms with Crippen LogP contribution in [0.5, 0.6) is 0 Å². The molecule has 0 aromatic heterocycles. The van der Waals surface area contributed by atoms with Gasteiger partial charge in [-0.25, -0.2) is 9.59 Å². The molecule has 0 saturated carbocycles. The van der Waals surface area contributed by atoms with Crippen LogP contribution in [0.15, 0.2) is 0 Å². The Morgan fingerprint density at radius 2 is 2.06 bits per heavy atom. The fraction of sp³-hybridized carbons (Fsp3) is 0.727. The van der Waals surface area contributed by atoms with Crippen molar-refractivity contribution in [1.82, 2.24) is 4.90 Å². The molecule has 1 aliphatic rings. The van der Waals surface area contributed by atoms with E-state index in [1.807, 2.05) is 6.07 Å². The fourth-order valence-corrected chi connectivity index (χ4v) is 1.69. The fourth-order valence-electron chi connectivity index (χ4n) is 1.69. The van der Waals surface area contributed by atoms with Crippen molar-refractivity contribution >= 4 is 12.1 Å². The molecule has 1 saturated heterocycles. The Labute approximate surface area is 99.8 Å². The van der Waals surface area contributed by atoms with E-state index >= 15 is 0 Å². The number of amides is 1. The summed E-state index contributed by atoms with van der Waals surface area (Å²) in [5, 5.41) is 17.8. The van der Waals surface area contributed by atoms with Crippen molar-refractivity contribution in [2.75, 3.05) is 6.54 Å². The Balaban J connectivity index is 2.78. The standard InChI is InChI=1S/C11H16N2O4/c1-11(2,3)17-10(16)13-6-7(5-12)4-8(13)9(14)15/h7-8H,4,6H2,1-3H3,(H,14,15)/t7-,8-/m1/s1. The number of nitriles is 1. The normalized spacial score (nSPS) is 24.2. The van der Waals surface area contributed by atoms with Crippen LogP contribution in [0.3, 0.4) is 0 Å². The number of hydrogen-bond donors (Lipinski definition) is 1.